The lowest BCUT2D eigenvalue weighted by molar-refractivity contribution is -0.137. The Bertz CT molecular complexity index is 370. The first-order valence-electron chi connectivity index (χ1n) is 6.11. The van der Waals surface area contributed by atoms with Crippen LogP contribution in [0.3, 0.4) is 0 Å². The number of rotatable bonds is 5. The van der Waals surface area contributed by atoms with Crippen LogP contribution >= 0.6 is 0 Å². The summed E-state index contributed by atoms with van der Waals surface area (Å²) in [5.74, 6) is 0.412. The van der Waals surface area contributed by atoms with Crippen LogP contribution in [0.25, 0.3) is 0 Å². The van der Waals surface area contributed by atoms with Gasteiger partial charge in [-0.05, 0) is 18.8 Å². The van der Waals surface area contributed by atoms with E-state index < -0.39 is 5.97 Å². The maximum atomic E-state index is 10.5. The summed E-state index contributed by atoms with van der Waals surface area (Å²) in [5, 5.41) is 12.5. The fraction of sp³-hybridized carbons (Fsp3) is 0.667. The second kappa shape index (κ2) is 5.70. The first kappa shape index (κ1) is 12.0. The molecule has 0 saturated heterocycles. The molecule has 1 aliphatic carbocycles. The van der Waals surface area contributed by atoms with E-state index in [0.29, 0.717) is 11.7 Å². The molecule has 1 N–H and O–H groups in total. The molecule has 0 unspecified atom stereocenters. The Morgan fingerprint density at radius 2 is 2.24 bits per heavy atom. The summed E-state index contributed by atoms with van der Waals surface area (Å²) in [7, 11) is 0. The Labute approximate surface area is 100 Å². The molecule has 1 aromatic rings. The third-order valence-electron chi connectivity index (χ3n) is 3.12. The zero-order valence-electron chi connectivity index (χ0n) is 9.84. The molecule has 5 heteroatoms. The number of hydrogen-bond acceptors (Lipinski definition) is 3. The maximum absolute atomic E-state index is 10.5. The molecule has 1 aliphatic rings. The van der Waals surface area contributed by atoms with Crippen molar-refractivity contribution in [2.45, 2.75) is 38.6 Å². The van der Waals surface area contributed by atoms with Crippen molar-refractivity contribution in [2.75, 3.05) is 6.61 Å². The smallest absolute Gasteiger partial charge is 0.325 e. The van der Waals surface area contributed by atoms with Crippen molar-refractivity contribution in [3.05, 3.63) is 12.4 Å². The fourth-order valence-corrected chi connectivity index (χ4v) is 2.21. The van der Waals surface area contributed by atoms with E-state index in [1.165, 1.54) is 36.8 Å². The van der Waals surface area contributed by atoms with Gasteiger partial charge in [0, 0.05) is 0 Å². The lowest BCUT2D eigenvalue weighted by atomic mass is 9.90. The minimum Gasteiger partial charge on any atom is -0.490 e. The van der Waals surface area contributed by atoms with Gasteiger partial charge in [-0.1, -0.05) is 19.3 Å². The van der Waals surface area contributed by atoms with Crippen LogP contribution in [0, 0.1) is 5.92 Å². The van der Waals surface area contributed by atoms with Crippen molar-refractivity contribution in [3.63, 3.8) is 0 Å². The highest BCUT2D eigenvalue weighted by Gasteiger charge is 2.14. The van der Waals surface area contributed by atoms with Crippen molar-refractivity contribution < 1.29 is 14.6 Å². The molecule has 1 saturated carbocycles. The van der Waals surface area contributed by atoms with E-state index in [1.54, 1.807) is 12.4 Å². The zero-order chi connectivity index (χ0) is 12.1. The lowest BCUT2D eigenvalue weighted by Crippen LogP contribution is -2.15. The summed E-state index contributed by atoms with van der Waals surface area (Å²) in [5.41, 5.74) is 0. The van der Waals surface area contributed by atoms with Crippen molar-refractivity contribution in [1.29, 1.82) is 0 Å². The number of aromatic nitrogens is 2. The van der Waals surface area contributed by atoms with Gasteiger partial charge in [-0.3, -0.25) is 9.48 Å². The quantitative estimate of drug-likeness (QED) is 0.851. The maximum Gasteiger partial charge on any atom is 0.325 e. The molecule has 1 heterocycles. The molecule has 0 amide bonds. The fourth-order valence-electron chi connectivity index (χ4n) is 2.21. The van der Waals surface area contributed by atoms with Crippen LogP contribution in [0.2, 0.25) is 0 Å². The van der Waals surface area contributed by atoms with Crippen molar-refractivity contribution in [2.24, 2.45) is 5.92 Å². The van der Waals surface area contributed by atoms with Crippen molar-refractivity contribution >= 4 is 5.97 Å². The summed E-state index contributed by atoms with van der Waals surface area (Å²) in [6, 6.07) is 0. The van der Waals surface area contributed by atoms with Crippen molar-refractivity contribution in [1.82, 2.24) is 9.78 Å². The van der Waals surface area contributed by atoms with Gasteiger partial charge in [0.15, 0.2) is 5.75 Å². The van der Waals surface area contributed by atoms with E-state index in [-0.39, 0.29) is 6.54 Å². The van der Waals surface area contributed by atoms with Gasteiger partial charge in [-0.2, -0.15) is 5.10 Å². The number of carboxylic acid groups (broad SMARTS) is 1. The second-order valence-corrected chi connectivity index (χ2v) is 4.58. The molecule has 0 atom stereocenters. The molecule has 0 aromatic carbocycles. The van der Waals surface area contributed by atoms with Gasteiger partial charge < -0.3 is 9.84 Å². The predicted molar refractivity (Wildman–Crippen MR) is 61.9 cm³/mol. The molecule has 0 aliphatic heterocycles. The first-order valence-corrected chi connectivity index (χ1v) is 6.11. The third kappa shape index (κ3) is 3.76. The van der Waals surface area contributed by atoms with Crippen LogP contribution in [0.15, 0.2) is 12.4 Å². The highest BCUT2D eigenvalue weighted by molar-refractivity contribution is 5.66. The number of ether oxygens (including phenoxy) is 1. The highest BCUT2D eigenvalue weighted by Crippen LogP contribution is 2.24. The number of aliphatic carboxylic acids is 1. The minimum atomic E-state index is -0.896. The summed E-state index contributed by atoms with van der Waals surface area (Å²) in [4.78, 5) is 10.5. The monoisotopic (exact) mass is 238 g/mol. The molecule has 2 rings (SSSR count). The van der Waals surface area contributed by atoms with Crippen LogP contribution in [-0.4, -0.2) is 27.5 Å². The zero-order valence-corrected chi connectivity index (χ0v) is 9.84. The Kier molecular flexibility index (Phi) is 4.01. The summed E-state index contributed by atoms with van der Waals surface area (Å²) in [6.45, 7) is 0.603. The molecule has 94 valence electrons. The van der Waals surface area contributed by atoms with Gasteiger partial charge in [-0.15, -0.1) is 0 Å². The highest BCUT2D eigenvalue weighted by atomic mass is 16.5. The standard InChI is InChI=1S/C12H18N2O3/c15-12(16)8-14-7-11(6-13-14)17-9-10-4-2-1-3-5-10/h6-7,10H,1-5,8-9H2,(H,15,16). The Balaban J connectivity index is 1.78. The normalized spacial score (nSPS) is 16.9. The molecular weight excluding hydrogens is 220 g/mol. The number of carbonyl (C=O) groups is 1. The van der Waals surface area contributed by atoms with Gasteiger partial charge in [-0.25, -0.2) is 0 Å². The average molecular weight is 238 g/mol. The molecular formula is C12H18N2O3. The van der Waals surface area contributed by atoms with Crippen molar-refractivity contribution in [3.8, 4) is 5.75 Å². The van der Waals surface area contributed by atoms with E-state index in [9.17, 15) is 4.79 Å². The van der Waals surface area contributed by atoms with E-state index in [2.05, 4.69) is 5.10 Å². The van der Waals surface area contributed by atoms with Gasteiger partial charge in [0.2, 0.25) is 0 Å². The van der Waals surface area contributed by atoms with Gasteiger partial charge in [0.25, 0.3) is 0 Å². The minimum absolute atomic E-state index is 0.118. The Hall–Kier alpha value is -1.52. The predicted octanol–water partition coefficient (Wildman–Crippen LogP) is 1.93. The second-order valence-electron chi connectivity index (χ2n) is 4.58. The summed E-state index contributed by atoms with van der Waals surface area (Å²) in [6.07, 6.45) is 9.63. The third-order valence-corrected chi connectivity index (χ3v) is 3.12. The van der Waals surface area contributed by atoms with E-state index in [4.69, 9.17) is 9.84 Å². The SMILES string of the molecule is O=C(O)Cn1cc(OCC2CCCCC2)cn1. The average Bonchev–Trinajstić information content (AvgIpc) is 2.75. The Morgan fingerprint density at radius 1 is 1.47 bits per heavy atom. The number of nitrogens with zero attached hydrogens (tertiary/aromatic N) is 2. The van der Waals surface area contributed by atoms with E-state index in [0.717, 1.165) is 6.61 Å². The molecule has 0 bridgehead atoms. The molecule has 5 nitrogen and oxygen atoms in total. The van der Waals surface area contributed by atoms with Crippen LogP contribution in [0.1, 0.15) is 32.1 Å². The summed E-state index contributed by atoms with van der Waals surface area (Å²) >= 11 is 0. The summed E-state index contributed by atoms with van der Waals surface area (Å²) < 4.78 is 7.00. The van der Waals surface area contributed by atoms with Crippen LogP contribution in [-0.2, 0) is 11.3 Å². The van der Waals surface area contributed by atoms with Crippen LogP contribution in [0.5, 0.6) is 5.75 Å². The molecule has 1 fully saturated rings. The largest absolute Gasteiger partial charge is 0.490 e. The van der Waals surface area contributed by atoms with Crippen LogP contribution in [0.4, 0.5) is 0 Å². The molecule has 0 radical (unpaired) electrons. The molecule has 0 spiro atoms. The number of carboxylic acids is 1. The first-order chi connectivity index (χ1) is 8.24. The van der Waals surface area contributed by atoms with Gasteiger partial charge >= 0.3 is 5.97 Å². The van der Waals surface area contributed by atoms with E-state index >= 15 is 0 Å². The van der Waals surface area contributed by atoms with Crippen LogP contribution < -0.4 is 4.74 Å². The lowest BCUT2D eigenvalue weighted by Gasteiger charge is -2.21. The van der Waals surface area contributed by atoms with Gasteiger partial charge in [0.1, 0.15) is 6.54 Å². The van der Waals surface area contributed by atoms with Gasteiger partial charge in [0.05, 0.1) is 19.0 Å². The molecule has 17 heavy (non-hydrogen) atoms. The Morgan fingerprint density at radius 3 is 2.94 bits per heavy atom. The topological polar surface area (TPSA) is 64.3 Å². The van der Waals surface area contributed by atoms with E-state index in [1.807, 2.05) is 0 Å². The number of hydrogen-bond donors (Lipinski definition) is 1. The molecule has 1 aromatic heterocycles.